The lowest BCUT2D eigenvalue weighted by atomic mass is 9.96. The van der Waals surface area contributed by atoms with Crippen molar-refractivity contribution in [3.63, 3.8) is 0 Å². The highest BCUT2D eigenvalue weighted by Crippen LogP contribution is 2.40. The van der Waals surface area contributed by atoms with Gasteiger partial charge >= 0.3 is 11.8 Å². The van der Waals surface area contributed by atoms with Gasteiger partial charge in [-0.3, -0.25) is 20.2 Å². The first-order valence-electron chi connectivity index (χ1n) is 7.02. The van der Waals surface area contributed by atoms with E-state index in [0.29, 0.717) is 6.42 Å². The molecule has 1 rings (SSSR count). The Kier molecular flexibility index (Phi) is 8.17. The summed E-state index contributed by atoms with van der Waals surface area (Å²) in [5, 5.41) is 22.2. The molecule has 0 bridgehead atoms. The molecule has 134 valence electrons. The normalized spacial score (nSPS) is 11.4. The summed E-state index contributed by atoms with van der Waals surface area (Å²) in [4.78, 5) is 32.3. The Morgan fingerprint density at radius 3 is 2.17 bits per heavy atom. The Balaban J connectivity index is 0.00000529. The van der Waals surface area contributed by atoms with Gasteiger partial charge in [-0.05, 0) is 26.2 Å². The van der Waals surface area contributed by atoms with Crippen molar-refractivity contribution in [2.75, 3.05) is 0 Å². The molecule has 0 heterocycles. The quantitative estimate of drug-likeness (QED) is 0.324. The smallest absolute Gasteiger partial charge is 0.431 e. The third kappa shape index (κ3) is 5.37. The van der Waals surface area contributed by atoms with Crippen LogP contribution in [0.2, 0.25) is 0 Å². The van der Waals surface area contributed by atoms with Gasteiger partial charge in [0.25, 0.3) is 5.69 Å². The van der Waals surface area contributed by atoms with E-state index in [1.54, 1.807) is 20.8 Å². The number of ether oxygens (including phenoxy) is 2. The minimum atomic E-state index is -1.10. The van der Waals surface area contributed by atoms with Gasteiger partial charge in [0, 0.05) is 11.6 Å². The minimum Gasteiger partial charge on any atom is -0.431 e. The average Bonchev–Trinajstić information content (AvgIpc) is 2.44. The van der Waals surface area contributed by atoms with Crippen LogP contribution < -0.4 is 4.74 Å². The monoisotopic (exact) mass is 360 g/mol. The molecule has 0 aromatic heterocycles. The average molecular weight is 360 g/mol. The van der Waals surface area contributed by atoms with Crippen molar-refractivity contribution in [3.8, 4) is 5.75 Å². The van der Waals surface area contributed by atoms with Crippen molar-refractivity contribution in [2.45, 2.75) is 46.1 Å². The van der Waals surface area contributed by atoms with E-state index in [4.69, 9.17) is 9.47 Å². The van der Waals surface area contributed by atoms with Gasteiger partial charge < -0.3 is 9.47 Å². The van der Waals surface area contributed by atoms with Gasteiger partial charge in [0.1, 0.15) is 0 Å². The van der Waals surface area contributed by atoms with E-state index in [1.165, 1.54) is 6.07 Å². The standard InChI is InChI=1S/C14H18N2O7.H2S/c1-5-9(4)11-6-10(15(18)19)7-12(16(20)21)13(11)23-14(17)22-8(2)3;/h6-9H,5H2,1-4H3;1H2. The molecule has 0 spiro atoms. The molecule has 0 amide bonds. The first-order valence-corrected chi connectivity index (χ1v) is 7.02. The molecule has 0 saturated heterocycles. The predicted molar refractivity (Wildman–Crippen MR) is 91.1 cm³/mol. The lowest BCUT2D eigenvalue weighted by molar-refractivity contribution is -0.394. The third-order valence-electron chi connectivity index (χ3n) is 3.15. The molecule has 0 aliphatic rings. The van der Waals surface area contributed by atoms with Crippen LogP contribution in [-0.4, -0.2) is 22.1 Å². The topological polar surface area (TPSA) is 122 Å². The van der Waals surface area contributed by atoms with Crippen LogP contribution in [0.25, 0.3) is 0 Å². The largest absolute Gasteiger partial charge is 0.514 e. The maximum absolute atomic E-state index is 11.7. The van der Waals surface area contributed by atoms with Crippen LogP contribution in [-0.2, 0) is 4.74 Å². The maximum Gasteiger partial charge on any atom is 0.514 e. The zero-order chi connectivity index (χ0) is 17.7. The third-order valence-corrected chi connectivity index (χ3v) is 3.15. The van der Waals surface area contributed by atoms with E-state index in [-0.39, 0.29) is 30.7 Å². The first-order chi connectivity index (χ1) is 10.7. The highest BCUT2D eigenvalue weighted by atomic mass is 32.1. The molecule has 0 radical (unpaired) electrons. The van der Waals surface area contributed by atoms with Gasteiger partial charge in [-0.2, -0.15) is 13.5 Å². The number of nitro benzene ring substituents is 2. The molecule has 0 saturated carbocycles. The van der Waals surface area contributed by atoms with Crippen LogP contribution >= 0.6 is 13.5 Å². The highest BCUT2D eigenvalue weighted by molar-refractivity contribution is 7.59. The molecular formula is C14H20N2O7S. The Morgan fingerprint density at radius 2 is 1.75 bits per heavy atom. The molecule has 0 aliphatic heterocycles. The van der Waals surface area contributed by atoms with E-state index < -0.39 is 33.5 Å². The second kappa shape index (κ2) is 9.06. The van der Waals surface area contributed by atoms with Crippen molar-refractivity contribution in [1.29, 1.82) is 0 Å². The summed E-state index contributed by atoms with van der Waals surface area (Å²) in [6.45, 7) is 6.73. The van der Waals surface area contributed by atoms with Crippen molar-refractivity contribution in [1.82, 2.24) is 0 Å². The second-order valence-corrected chi connectivity index (χ2v) is 5.23. The van der Waals surface area contributed by atoms with E-state index in [0.717, 1.165) is 6.07 Å². The Bertz CT molecular complexity index is 634. The number of rotatable bonds is 6. The van der Waals surface area contributed by atoms with Crippen LogP contribution in [0, 0.1) is 20.2 Å². The fourth-order valence-corrected chi connectivity index (χ4v) is 1.86. The summed E-state index contributed by atoms with van der Waals surface area (Å²) in [5.41, 5.74) is -0.860. The van der Waals surface area contributed by atoms with Crippen LogP contribution in [0.5, 0.6) is 5.75 Å². The van der Waals surface area contributed by atoms with Gasteiger partial charge in [0.05, 0.1) is 22.0 Å². The summed E-state index contributed by atoms with van der Waals surface area (Å²) in [5.74, 6) is -0.601. The molecule has 1 aromatic carbocycles. The zero-order valence-corrected chi connectivity index (χ0v) is 14.8. The molecular weight excluding hydrogens is 340 g/mol. The zero-order valence-electron chi connectivity index (χ0n) is 13.8. The SMILES string of the molecule is CCC(C)c1cc([N+](=O)[O-])cc([N+](=O)[O-])c1OC(=O)OC(C)C.S. The van der Waals surface area contributed by atoms with E-state index >= 15 is 0 Å². The van der Waals surface area contributed by atoms with Crippen LogP contribution in [0.3, 0.4) is 0 Å². The predicted octanol–water partition coefficient (Wildman–Crippen LogP) is 4.05. The lowest BCUT2D eigenvalue weighted by Crippen LogP contribution is -2.17. The Labute approximate surface area is 145 Å². The van der Waals surface area contributed by atoms with Crippen molar-refractivity contribution in [3.05, 3.63) is 37.9 Å². The maximum atomic E-state index is 11.7. The molecule has 0 fully saturated rings. The molecule has 24 heavy (non-hydrogen) atoms. The summed E-state index contributed by atoms with van der Waals surface area (Å²) < 4.78 is 9.80. The number of nitro groups is 2. The van der Waals surface area contributed by atoms with Gasteiger partial charge in [-0.25, -0.2) is 4.79 Å². The molecule has 1 atom stereocenters. The molecule has 0 N–H and O–H groups in total. The number of non-ortho nitro benzene ring substituents is 1. The number of nitrogens with zero attached hydrogens (tertiary/aromatic N) is 2. The van der Waals surface area contributed by atoms with Crippen molar-refractivity contribution >= 4 is 31.0 Å². The van der Waals surface area contributed by atoms with Gasteiger partial charge in [0.2, 0.25) is 5.75 Å². The van der Waals surface area contributed by atoms with E-state index in [9.17, 15) is 25.0 Å². The summed E-state index contributed by atoms with van der Waals surface area (Å²) in [6.07, 6.45) is -1.01. The summed E-state index contributed by atoms with van der Waals surface area (Å²) in [6, 6.07) is 1.95. The number of carbonyl (C=O) groups excluding carboxylic acids is 1. The van der Waals surface area contributed by atoms with Crippen LogP contribution in [0.4, 0.5) is 16.2 Å². The molecule has 0 aliphatic carbocycles. The van der Waals surface area contributed by atoms with Gasteiger partial charge in [-0.15, -0.1) is 0 Å². The Hall–Kier alpha value is -2.36. The first kappa shape index (κ1) is 21.6. The summed E-state index contributed by atoms with van der Waals surface area (Å²) in [7, 11) is 0. The van der Waals surface area contributed by atoms with E-state index in [1.807, 2.05) is 6.92 Å². The Morgan fingerprint density at radius 1 is 1.17 bits per heavy atom. The fraction of sp³-hybridized carbons (Fsp3) is 0.500. The van der Waals surface area contributed by atoms with Crippen LogP contribution in [0.15, 0.2) is 12.1 Å². The highest BCUT2D eigenvalue weighted by Gasteiger charge is 2.29. The number of carbonyl (C=O) groups is 1. The van der Waals surface area contributed by atoms with Crippen molar-refractivity contribution < 1.29 is 24.1 Å². The second-order valence-electron chi connectivity index (χ2n) is 5.23. The number of hydrogen-bond acceptors (Lipinski definition) is 7. The van der Waals surface area contributed by atoms with Crippen molar-refractivity contribution in [2.24, 2.45) is 0 Å². The summed E-state index contributed by atoms with van der Waals surface area (Å²) >= 11 is 0. The van der Waals surface area contributed by atoms with Gasteiger partial charge in [0.15, 0.2) is 0 Å². The van der Waals surface area contributed by atoms with Gasteiger partial charge in [-0.1, -0.05) is 13.8 Å². The lowest BCUT2D eigenvalue weighted by Gasteiger charge is -2.15. The van der Waals surface area contributed by atoms with Crippen LogP contribution in [0.1, 0.15) is 45.6 Å². The molecule has 9 nitrogen and oxygen atoms in total. The fourth-order valence-electron chi connectivity index (χ4n) is 1.86. The minimum absolute atomic E-state index is 0. The number of hydrogen-bond donors (Lipinski definition) is 0. The number of benzene rings is 1. The van der Waals surface area contributed by atoms with E-state index in [2.05, 4.69) is 0 Å². The molecule has 1 unspecified atom stereocenters. The molecule has 1 aromatic rings. The molecule has 10 heteroatoms.